The van der Waals surface area contributed by atoms with E-state index in [0.29, 0.717) is 18.8 Å². The highest BCUT2D eigenvalue weighted by Crippen LogP contribution is 2.14. The SMILES string of the molecule is Fc1ccc(NCCCOc2ccccc2)c(F)c1. The highest BCUT2D eigenvalue weighted by molar-refractivity contribution is 5.44. The van der Waals surface area contributed by atoms with E-state index in [-0.39, 0.29) is 0 Å². The Morgan fingerprint density at radius 3 is 2.53 bits per heavy atom. The average molecular weight is 263 g/mol. The molecule has 0 aliphatic rings. The molecule has 1 N–H and O–H groups in total. The van der Waals surface area contributed by atoms with Gasteiger partial charge in [0.1, 0.15) is 17.4 Å². The van der Waals surface area contributed by atoms with Crippen molar-refractivity contribution >= 4 is 5.69 Å². The summed E-state index contributed by atoms with van der Waals surface area (Å²) in [5.74, 6) is -0.338. The van der Waals surface area contributed by atoms with Crippen molar-refractivity contribution in [2.45, 2.75) is 6.42 Å². The third-order valence-electron chi connectivity index (χ3n) is 2.58. The minimum absolute atomic E-state index is 0.307. The van der Waals surface area contributed by atoms with Crippen molar-refractivity contribution < 1.29 is 13.5 Å². The van der Waals surface area contributed by atoms with Gasteiger partial charge >= 0.3 is 0 Å². The van der Waals surface area contributed by atoms with Gasteiger partial charge in [-0.1, -0.05) is 18.2 Å². The van der Waals surface area contributed by atoms with Crippen LogP contribution in [0.1, 0.15) is 6.42 Å². The molecule has 0 bridgehead atoms. The van der Waals surface area contributed by atoms with Crippen LogP contribution < -0.4 is 10.1 Å². The first-order valence-corrected chi connectivity index (χ1v) is 6.12. The summed E-state index contributed by atoms with van der Waals surface area (Å²) in [4.78, 5) is 0. The summed E-state index contributed by atoms with van der Waals surface area (Å²) >= 11 is 0. The molecule has 0 aliphatic heterocycles. The molecule has 2 aromatic carbocycles. The van der Waals surface area contributed by atoms with E-state index in [4.69, 9.17) is 4.74 Å². The molecule has 0 radical (unpaired) electrons. The molecule has 0 amide bonds. The molecular formula is C15H15F2NO. The van der Waals surface area contributed by atoms with E-state index >= 15 is 0 Å². The fraction of sp³-hybridized carbons (Fsp3) is 0.200. The largest absolute Gasteiger partial charge is 0.494 e. The second-order valence-corrected chi connectivity index (χ2v) is 4.07. The lowest BCUT2D eigenvalue weighted by atomic mass is 10.3. The summed E-state index contributed by atoms with van der Waals surface area (Å²) in [7, 11) is 0. The second kappa shape index (κ2) is 6.73. The number of hydrogen-bond donors (Lipinski definition) is 1. The standard InChI is InChI=1S/C15H15F2NO/c16-12-7-8-15(14(17)11-12)18-9-4-10-19-13-5-2-1-3-6-13/h1-3,5-8,11,18H,4,9-10H2. The molecule has 19 heavy (non-hydrogen) atoms. The first kappa shape index (κ1) is 13.3. The summed E-state index contributed by atoms with van der Waals surface area (Å²) in [5.41, 5.74) is 0.307. The van der Waals surface area contributed by atoms with E-state index in [0.717, 1.165) is 18.2 Å². The van der Waals surface area contributed by atoms with Crippen LogP contribution in [0.4, 0.5) is 14.5 Å². The average Bonchev–Trinajstić information content (AvgIpc) is 2.42. The monoisotopic (exact) mass is 263 g/mol. The van der Waals surface area contributed by atoms with E-state index in [1.165, 1.54) is 12.1 Å². The van der Waals surface area contributed by atoms with Crippen LogP contribution in [-0.2, 0) is 0 Å². The molecule has 0 spiro atoms. The molecule has 0 atom stereocenters. The van der Waals surface area contributed by atoms with Crippen molar-refractivity contribution in [3.05, 3.63) is 60.2 Å². The van der Waals surface area contributed by atoms with E-state index < -0.39 is 11.6 Å². The minimum atomic E-state index is -0.580. The van der Waals surface area contributed by atoms with E-state index in [9.17, 15) is 8.78 Å². The zero-order chi connectivity index (χ0) is 13.5. The molecule has 0 fully saturated rings. The van der Waals surface area contributed by atoms with Gasteiger partial charge in [0, 0.05) is 12.6 Å². The van der Waals surface area contributed by atoms with Gasteiger partial charge in [0.2, 0.25) is 0 Å². The maximum absolute atomic E-state index is 13.3. The smallest absolute Gasteiger partial charge is 0.149 e. The fourth-order valence-corrected chi connectivity index (χ4v) is 1.63. The van der Waals surface area contributed by atoms with Crippen LogP contribution in [0.15, 0.2) is 48.5 Å². The van der Waals surface area contributed by atoms with E-state index in [2.05, 4.69) is 5.32 Å². The lowest BCUT2D eigenvalue weighted by Gasteiger charge is -2.08. The lowest BCUT2D eigenvalue weighted by molar-refractivity contribution is 0.315. The van der Waals surface area contributed by atoms with Gasteiger partial charge in [-0.15, -0.1) is 0 Å². The fourth-order valence-electron chi connectivity index (χ4n) is 1.63. The van der Waals surface area contributed by atoms with Crippen LogP contribution in [0.2, 0.25) is 0 Å². The molecular weight excluding hydrogens is 248 g/mol. The molecule has 100 valence electrons. The molecule has 2 rings (SSSR count). The van der Waals surface area contributed by atoms with Gasteiger partial charge in [0.25, 0.3) is 0 Å². The number of benzene rings is 2. The van der Waals surface area contributed by atoms with Crippen LogP contribution in [-0.4, -0.2) is 13.2 Å². The molecule has 0 saturated carbocycles. The summed E-state index contributed by atoms with van der Waals surface area (Å²) in [6.07, 6.45) is 0.728. The highest BCUT2D eigenvalue weighted by atomic mass is 19.1. The Labute approximate surface area is 111 Å². The number of rotatable bonds is 6. The Kier molecular flexibility index (Phi) is 4.72. The zero-order valence-electron chi connectivity index (χ0n) is 10.4. The van der Waals surface area contributed by atoms with Crippen molar-refractivity contribution in [1.29, 1.82) is 0 Å². The molecule has 2 aromatic rings. The predicted molar refractivity (Wildman–Crippen MR) is 71.4 cm³/mol. The Morgan fingerprint density at radius 2 is 1.79 bits per heavy atom. The zero-order valence-corrected chi connectivity index (χ0v) is 10.4. The van der Waals surface area contributed by atoms with Crippen molar-refractivity contribution in [3.63, 3.8) is 0 Å². The van der Waals surface area contributed by atoms with Gasteiger partial charge in [-0.3, -0.25) is 0 Å². The molecule has 0 aliphatic carbocycles. The first-order valence-electron chi connectivity index (χ1n) is 6.12. The Hall–Kier alpha value is -2.10. The number of halogens is 2. The molecule has 4 heteroatoms. The molecule has 0 heterocycles. The number of nitrogens with one attached hydrogen (secondary N) is 1. The number of anilines is 1. The predicted octanol–water partition coefficient (Wildman–Crippen LogP) is 3.85. The normalized spacial score (nSPS) is 10.2. The summed E-state index contributed by atoms with van der Waals surface area (Å²) in [6.45, 7) is 1.11. The molecule has 0 saturated heterocycles. The van der Waals surface area contributed by atoms with Gasteiger partial charge in [-0.05, 0) is 30.7 Å². The molecule has 2 nitrogen and oxygen atoms in total. The quantitative estimate of drug-likeness (QED) is 0.799. The van der Waals surface area contributed by atoms with Gasteiger partial charge in [-0.2, -0.15) is 0 Å². The van der Waals surface area contributed by atoms with E-state index in [1.807, 2.05) is 30.3 Å². The number of para-hydroxylation sites is 1. The van der Waals surface area contributed by atoms with Crippen molar-refractivity contribution in [3.8, 4) is 5.75 Å². The van der Waals surface area contributed by atoms with Crippen LogP contribution in [0, 0.1) is 11.6 Å². The van der Waals surface area contributed by atoms with Crippen LogP contribution in [0.5, 0.6) is 5.75 Å². The molecule has 0 unspecified atom stereocenters. The first-order chi connectivity index (χ1) is 9.25. The minimum Gasteiger partial charge on any atom is -0.494 e. The summed E-state index contributed by atoms with van der Waals surface area (Å²) < 4.78 is 31.5. The van der Waals surface area contributed by atoms with Crippen molar-refractivity contribution in [2.75, 3.05) is 18.5 Å². The van der Waals surface area contributed by atoms with Gasteiger partial charge in [-0.25, -0.2) is 8.78 Å². The van der Waals surface area contributed by atoms with Gasteiger partial charge in [0.15, 0.2) is 0 Å². The maximum Gasteiger partial charge on any atom is 0.149 e. The summed E-state index contributed by atoms with van der Waals surface area (Å²) in [5, 5.41) is 2.90. The van der Waals surface area contributed by atoms with Crippen LogP contribution in [0.3, 0.4) is 0 Å². The van der Waals surface area contributed by atoms with Gasteiger partial charge < -0.3 is 10.1 Å². The second-order valence-electron chi connectivity index (χ2n) is 4.07. The van der Waals surface area contributed by atoms with E-state index in [1.54, 1.807) is 0 Å². The third-order valence-corrected chi connectivity index (χ3v) is 2.58. The van der Waals surface area contributed by atoms with Gasteiger partial charge in [0.05, 0.1) is 12.3 Å². The number of hydrogen-bond acceptors (Lipinski definition) is 2. The van der Waals surface area contributed by atoms with Crippen molar-refractivity contribution in [2.24, 2.45) is 0 Å². The Balaban J connectivity index is 1.69. The Bertz CT molecular complexity index is 517. The highest BCUT2D eigenvalue weighted by Gasteiger charge is 2.02. The lowest BCUT2D eigenvalue weighted by Crippen LogP contribution is -2.08. The Morgan fingerprint density at radius 1 is 1.00 bits per heavy atom. The van der Waals surface area contributed by atoms with Crippen LogP contribution >= 0.6 is 0 Å². The summed E-state index contributed by atoms with van der Waals surface area (Å²) in [6, 6.07) is 13.0. The third kappa shape index (κ3) is 4.25. The molecule has 0 aromatic heterocycles. The topological polar surface area (TPSA) is 21.3 Å². The maximum atomic E-state index is 13.3. The van der Waals surface area contributed by atoms with Crippen molar-refractivity contribution in [1.82, 2.24) is 0 Å². The number of ether oxygens (including phenoxy) is 1. The van der Waals surface area contributed by atoms with Crippen LogP contribution in [0.25, 0.3) is 0 Å².